The Kier molecular flexibility index (Phi) is 8.50. The monoisotopic (exact) mass is 829 g/mol. The van der Waals surface area contributed by atoms with E-state index in [1.165, 1.54) is 16.3 Å². The molecule has 0 bridgehead atoms. The number of furan rings is 1. The van der Waals surface area contributed by atoms with Crippen LogP contribution in [0.4, 0.5) is 0 Å². The number of benzene rings is 10. The van der Waals surface area contributed by atoms with Gasteiger partial charge < -0.3 is 8.98 Å². The number of fused-ring (bicyclic) bond motifs is 7. The molecule has 4 nitrogen and oxygen atoms in total. The minimum absolute atomic E-state index is 0.877. The smallest absolute Gasteiger partial charge is 0.145 e. The van der Waals surface area contributed by atoms with Gasteiger partial charge in [-0.15, -0.1) is 0 Å². The number of rotatable bonds is 7. The zero-order chi connectivity index (χ0) is 42.8. The molecule has 10 aromatic carbocycles. The second-order valence-corrected chi connectivity index (χ2v) is 16.7. The van der Waals surface area contributed by atoms with Crippen molar-refractivity contribution in [2.45, 2.75) is 0 Å². The van der Waals surface area contributed by atoms with Crippen LogP contribution in [0.5, 0.6) is 0 Å². The summed E-state index contributed by atoms with van der Waals surface area (Å²) in [5.41, 5.74) is 18.3. The van der Waals surface area contributed by atoms with Crippen LogP contribution < -0.4 is 0 Å². The SMILES string of the molecule is c1ccc(-c2cc(-c3ccccc3)c3oc4c(-c5ccc6c(c5)c5ccccc5n6-c5ccc(-c6nc7ccccc7n6-c6ccccc6)cc5)cc(-c5ccccc5)cc4c3c2)cc1. The Morgan fingerprint density at radius 1 is 0.292 bits per heavy atom. The summed E-state index contributed by atoms with van der Waals surface area (Å²) < 4.78 is 11.8. The highest BCUT2D eigenvalue weighted by Crippen LogP contribution is 2.45. The van der Waals surface area contributed by atoms with E-state index in [0.717, 1.165) is 106 Å². The van der Waals surface area contributed by atoms with E-state index in [0.29, 0.717) is 0 Å². The van der Waals surface area contributed by atoms with Crippen LogP contribution in [0.15, 0.2) is 241 Å². The van der Waals surface area contributed by atoms with Crippen LogP contribution in [0.3, 0.4) is 0 Å². The van der Waals surface area contributed by atoms with Gasteiger partial charge in [-0.25, -0.2) is 4.98 Å². The minimum Gasteiger partial charge on any atom is -0.455 e. The van der Waals surface area contributed by atoms with Gasteiger partial charge in [0.2, 0.25) is 0 Å². The normalized spacial score (nSPS) is 11.7. The van der Waals surface area contributed by atoms with E-state index in [-0.39, 0.29) is 0 Å². The molecule has 4 heteroatoms. The summed E-state index contributed by atoms with van der Waals surface area (Å²) >= 11 is 0. The van der Waals surface area contributed by atoms with Gasteiger partial charge in [0.25, 0.3) is 0 Å². The Labute approximate surface area is 375 Å². The van der Waals surface area contributed by atoms with Crippen molar-refractivity contribution in [2.24, 2.45) is 0 Å². The number of hydrogen-bond acceptors (Lipinski definition) is 2. The first-order valence-electron chi connectivity index (χ1n) is 22.1. The lowest BCUT2D eigenvalue weighted by Crippen LogP contribution is -1.98. The maximum atomic E-state index is 7.17. The molecule has 65 heavy (non-hydrogen) atoms. The van der Waals surface area contributed by atoms with Crippen LogP contribution >= 0.6 is 0 Å². The summed E-state index contributed by atoms with van der Waals surface area (Å²) in [6.45, 7) is 0. The fraction of sp³-hybridized carbons (Fsp3) is 0. The second kappa shape index (κ2) is 15.0. The van der Waals surface area contributed by atoms with E-state index in [1.807, 2.05) is 6.07 Å². The van der Waals surface area contributed by atoms with Crippen LogP contribution in [0.2, 0.25) is 0 Å². The van der Waals surface area contributed by atoms with E-state index in [1.54, 1.807) is 0 Å². The first-order chi connectivity index (χ1) is 32.2. The molecule has 0 aliphatic rings. The molecule has 0 radical (unpaired) electrons. The highest BCUT2D eigenvalue weighted by molar-refractivity contribution is 6.17. The lowest BCUT2D eigenvalue weighted by atomic mass is 9.93. The third-order valence-corrected chi connectivity index (χ3v) is 12.9. The lowest BCUT2D eigenvalue weighted by molar-refractivity contribution is 0.671. The molecule has 304 valence electrons. The fourth-order valence-electron chi connectivity index (χ4n) is 9.86. The van der Waals surface area contributed by atoms with Gasteiger partial charge in [-0.2, -0.15) is 0 Å². The van der Waals surface area contributed by atoms with E-state index in [4.69, 9.17) is 9.40 Å². The van der Waals surface area contributed by atoms with Crippen LogP contribution in [-0.2, 0) is 0 Å². The van der Waals surface area contributed by atoms with Crippen molar-refractivity contribution in [1.82, 2.24) is 14.1 Å². The third-order valence-electron chi connectivity index (χ3n) is 12.9. The van der Waals surface area contributed by atoms with Crippen LogP contribution in [0, 0.1) is 0 Å². The van der Waals surface area contributed by atoms with Crippen molar-refractivity contribution in [2.75, 3.05) is 0 Å². The zero-order valence-corrected chi connectivity index (χ0v) is 35.3. The predicted octanol–water partition coefficient (Wildman–Crippen LogP) is 16.4. The molecule has 0 aliphatic heterocycles. The Hall–Kier alpha value is -8.73. The van der Waals surface area contributed by atoms with Crippen LogP contribution in [0.25, 0.3) is 122 Å². The molecule has 0 aliphatic carbocycles. The molecule has 13 aromatic rings. The molecule has 0 saturated carbocycles. The number of para-hydroxylation sites is 4. The third kappa shape index (κ3) is 6.11. The molecule has 0 fully saturated rings. The van der Waals surface area contributed by atoms with Gasteiger partial charge in [-0.3, -0.25) is 4.57 Å². The van der Waals surface area contributed by atoms with Crippen molar-refractivity contribution in [3.05, 3.63) is 237 Å². The molecule has 3 aromatic heterocycles. The number of aromatic nitrogens is 3. The molecule has 0 spiro atoms. The maximum absolute atomic E-state index is 7.17. The summed E-state index contributed by atoms with van der Waals surface area (Å²) in [6, 6.07) is 84.4. The average Bonchev–Trinajstić information content (AvgIpc) is 4.07. The standard InChI is InChI=1S/C61H39N3O/c1-5-17-40(18-6-1)45-36-50(42-21-9-3-10-22-42)59-53(38-45)54-39-46(41-19-7-2-8-20-41)37-51(60(54)65-59)44-31-34-57-52(35-44)49-25-13-15-27-56(49)63(57)48-32-29-43(30-33-48)61-62-55-26-14-16-28-58(55)64(61)47-23-11-4-12-24-47/h1-39H. The topological polar surface area (TPSA) is 35.9 Å². The summed E-state index contributed by atoms with van der Waals surface area (Å²) in [5.74, 6) is 0.914. The summed E-state index contributed by atoms with van der Waals surface area (Å²) in [6.07, 6.45) is 0. The quantitative estimate of drug-likeness (QED) is 0.160. The first kappa shape index (κ1) is 36.9. The van der Waals surface area contributed by atoms with Crippen molar-refractivity contribution in [3.8, 4) is 67.3 Å². The molecule has 0 unspecified atom stereocenters. The minimum atomic E-state index is 0.877. The van der Waals surface area contributed by atoms with Gasteiger partial charge in [0.05, 0.1) is 22.1 Å². The Morgan fingerprint density at radius 2 is 0.769 bits per heavy atom. The summed E-state index contributed by atoms with van der Waals surface area (Å²) in [5, 5.41) is 4.56. The van der Waals surface area contributed by atoms with Gasteiger partial charge in [-0.1, -0.05) is 146 Å². The number of imidazole rings is 1. The predicted molar refractivity (Wildman–Crippen MR) is 270 cm³/mol. The Balaban J connectivity index is 0.998. The molecule has 0 atom stereocenters. The highest BCUT2D eigenvalue weighted by Gasteiger charge is 2.22. The van der Waals surface area contributed by atoms with Gasteiger partial charge >= 0.3 is 0 Å². The van der Waals surface area contributed by atoms with E-state index in [2.05, 4.69) is 240 Å². The number of hydrogen-bond donors (Lipinski definition) is 0. The molecule has 13 rings (SSSR count). The van der Waals surface area contributed by atoms with Crippen molar-refractivity contribution < 1.29 is 4.42 Å². The Bertz CT molecular complexity index is 3900. The molecular weight excluding hydrogens is 791 g/mol. The molecule has 3 heterocycles. The average molecular weight is 830 g/mol. The van der Waals surface area contributed by atoms with Crippen molar-refractivity contribution in [3.63, 3.8) is 0 Å². The summed E-state index contributed by atoms with van der Waals surface area (Å²) in [4.78, 5) is 5.14. The highest BCUT2D eigenvalue weighted by atomic mass is 16.3. The molecule has 0 N–H and O–H groups in total. The van der Waals surface area contributed by atoms with Crippen LogP contribution in [0.1, 0.15) is 0 Å². The van der Waals surface area contributed by atoms with Crippen LogP contribution in [-0.4, -0.2) is 14.1 Å². The van der Waals surface area contributed by atoms with Gasteiger partial charge in [-0.05, 0) is 124 Å². The fourth-order valence-corrected chi connectivity index (χ4v) is 9.86. The van der Waals surface area contributed by atoms with Crippen molar-refractivity contribution >= 4 is 54.8 Å². The largest absolute Gasteiger partial charge is 0.455 e. The number of nitrogens with zero attached hydrogens (tertiary/aromatic N) is 3. The molecule has 0 amide bonds. The molecular formula is C61H39N3O. The van der Waals surface area contributed by atoms with E-state index < -0.39 is 0 Å². The first-order valence-corrected chi connectivity index (χ1v) is 22.1. The van der Waals surface area contributed by atoms with E-state index in [9.17, 15) is 0 Å². The Morgan fingerprint density at radius 3 is 1.42 bits per heavy atom. The van der Waals surface area contributed by atoms with Crippen molar-refractivity contribution in [1.29, 1.82) is 0 Å². The second-order valence-electron chi connectivity index (χ2n) is 16.7. The maximum Gasteiger partial charge on any atom is 0.145 e. The molecule has 0 saturated heterocycles. The van der Waals surface area contributed by atoms with Gasteiger partial charge in [0.1, 0.15) is 17.0 Å². The van der Waals surface area contributed by atoms with E-state index >= 15 is 0 Å². The van der Waals surface area contributed by atoms with Gasteiger partial charge in [0, 0.05) is 49.6 Å². The summed E-state index contributed by atoms with van der Waals surface area (Å²) in [7, 11) is 0. The van der Waals surface area contributed by atoms with Gasteiger partial charge in [0.15, 0.2) is 0 Å². The zero-order valence-electron chi connectivity index (χ0n) is 35.3. The lowest BCUT2D eigenvalue weighted by Gasteiger charge is -2.12.